The van der Waals surface area contributed by atoms with E-state index in [1.807, 2.05) is 41.3 Å². The fraction of sp³-hybridized carbons (Fsp3) is 0.217. The quantitative estimate of drug-likeness (QED) is 0.515. The minimum absolute atomic E-state index is 0.141. The number of hydrogen-bond donors (Lipinski definition) is 0. The molecule has 146 valence electrons. The number of benzene rings is 2. The zero-order chi connectivity index (χ0) is 19.6. The molecular weight excluding hydrogens is 382 g/mol. The molecule has 0 spiro atoms. The third-order valence-corrected chi connectivity index (χ3v) is 6.10. The molecule has 1 saturated heterocycles. The number of amides is 1. The zero-order valence-corrected chi connectivity index (χ0v) is 16.8. The Morgan fingerprint density at radius 3 is 2.31 bits per heavy atom. The Hall–Kier alpha value is -2.96. The molecule has 1 fully saturated rings. The summed E-state index contributed by atoms with van der Waals surface area (Å²) in [5, 5.41) is 2.06. The molecule has 2 aromatic carbocycles. The van der Waals surface area contributed by atoms with E-state index in [2.05, 4.69) is 34.0 Å². The molecule has 0 saturated carbocycles. The molecule has 0 atom stereocenters. The molecule has 6 heteroatoms. The van der Waals surface area contributed by atoms with E-state index >= 15 is 0 Å². The predicted molar refractivity (Wildman–Crippen MR) is 115 cm³/mol. The second-order valence-electron chi connectivity index (χ2n) is 7.06. The molecule has 0 aliphatic carbocycles. The Kier molecular flexibility index (Phi) is 4.87. The average Bonchev–Trinajstić information content (AvgIpc) is 3.35. The summed E-state index contributed by atoms with van der Waals surface area (Å²) in [7, 11) is 0. The van der Waals surface area contributed by atoms with Gasteiger partial charge in [-0.3, -0.25) is 9.20 Å². The van der Waals surface area contributed by atoms with E-state index in [1.54, 1.807) is 11.3 Å². The summed E-state index contributed by atoms with van der Waals surface area (Å²) in [6.07, 6.45) is 0.365. The highest BCUT2D eigenvalue weighted by atomic mass is 32.1. The first kappa shape index (κ1) is 18.1. The summed E-state index contributed by atoms with van der Waals surface area (Å²) in [5.41, 5.74) is 5.14. The molecule has 5 rings (SSSR count). The summed E-state index contributed by atoms with van der Waals surface area (Å²) in [6, 6.07) is 20.5. The van der Waals surface area contributed by atoms with Crippen molar-refractivity contribution in [3.05, 3.63) is 71.7 Å². The Morgan fingerprint density at radius 1 is 0.966 bits per heavy atom. The lowest BCUT2D eigenvalue weighted by Gasteiger charge is -2.26. The number of carbonyl (C=O) groups excluding carboxylic acids is 1. The second kappa shape index (κ2) is 7.81. The van der Waals surface area contributed by atoms with E-state index in [-0.39, 0.29) is 5.91 Å². The molecule has 5 nitrogen and oxygen atoms in total. The van der Waals surface area contributed by atoms with Crippen LogP contribution < -0.4 is 0 Å². The van der Waals surface area contributed by atoms with Gasteiger partial charge in [0.05, 0.1) is 31.0 Å². The molecule has 1 aliphatic rings. The Balaban J connectivity index is 1.61. The molecule has 1 amide bonds. The van der Waals surface area contributed by atoms with Crippen LogP contribution in [0, 0.1) is 0 Å². The van der Waals surface area contributed by atoms with Gasteiger partial charge in [-0.05, 0) is 0 Å². The highest BCUT2D eigenvalue weighted by Crippen LogP contribution is 2.35. The summed E-state index contributed by atoms with van der Waals surface area (Å²) in [5.74, 6) is 0.141. The van der Waals surface area contributed by atoms with Crippen molar-refractivity contribution in [3.63, 3.8) is 0 Å². The lowest BCUT2D eigenvalue weighted by atomic mass is 10.0. The van der Waals surface area contributed by atoms with E-state index < -0.39 is 0 Å². The van der Waals surface area contributed by atoms with Gasteiger partial charge in [0, 0.05) is 35.3 Å². The van der Waals surface area contributed by atoms with Gasteiger partial charge in [0.25, 0.3) is 0 Å². The summed E-state index contributed by atoms with van der Waals surface area (Å²) < 4.78 is 7.53. The lowest BCUT2D eigenvalue weighted by molar-refractivity contribution is -0.134. The van der Waals surface area contributed by atoms with Crippen LogP contribution in [-0.4, -0.2) is 46.5 Å². The van der Waals surface area contributed by atoms with Gasteiger partial charge in [-0.1, -0.05) is 60.7 Å². The molecule has 1 aliphatic heterocycles. The first-order chi connectivity index (χ1) is 14.3. The van der Waals surface area contributed by atoms with Crippen LogP contribution in [0.1, 0.15) is 5.69 Å². The normalized spacial score (nSPS) is 14.4. The van der Waals surface area contributed by atoms with Crippen molar-refractivity contribution in [2.45, 2.75) is 6.42 Å². The highest BCUT2D eigenvalue weighted by Gasteiger charge is 2.23. The van der Waals surface area contributed by atoms with Crippen LogP contribution >= 0.6 is 11.3 Å². The monoisotopic (exact) mass is 403 g/mol. The van der Waals surface area contributed by atoms with Gasteiger partial charge in [-0.25, -0.2) is 4.98 Å². The van der Waals surface area contributed by atoms with Crippen LogP contribution in [0.25, 0.3) is 27.5 Å². The maximum absolute atomic E-state index is 12.9. The molecule has 0 unspecified atom stereocenters. The zero-order valence-electron chi connectivity index (χ0n) is 16.0. The average molecular weight is 404 g/mol. The molecule has 0 bridgehead atoms. The maximum Gasteiger partial charge on any atom is 0.228 e. The number of nitrogens with zero attached hydrogens (tertiary/aromatic N) is 3. The van der Waals surface area contributed by atoms with Crippen molar-refractivity contribution < 1.29 is 9.53 Å². The van der Waals surface area contributed by atoms with Crippen LogP contribution in [0.2, 0.25) is 0 Å². The van der Waals surface area contributed by atoms with E-state index in [4.69, 9.17) is 9.72 Å². The molecule has 0 radical (unpaired) electrons. The fourth-order valence-electron chi connectivity index (χ4n) is 3.78. The van der Waals surface area contributed by atoms with Gasteiger partial charge in [0.2, 0.25) is 5.91 Å². The summed E-state index contributed by atoms with van der Waals surface area (Å²) in [4.78, 5) is 20.6. The summed E-state index contributed by atoms with van der Waals surface area (Å²) in [6.45, 7) is 2.56. The van der Waals surface area contributed by atoms with Crippen LogP contribution in [0.5, 0.6) is 0 Å². The lowest BCUT2D eigenvalue weighted by Crippen LogP contribution is -2.41. The Morgan fingerprint density at radius 2 is 1.62 bits per heavy atom. The molecule has 3 heterocycles. The number of fused-ring (bicyclic) bond motifs is 1. The van der Waals surface area contributed by atoms with Crippen molar-refractivity contribution in [2.24, 2.45) is 0 Å². The summed E-state index contributed by atoms with van der Waals surface area (Å²) >= 11 is 1.58. The smallest absolute Gasteiger partial charge is 0.228 e. The number of rotatable bonds is 4. The molecular formula is C23H21N3O2S. The first-order valence-electron chi connectivity index (χ1n) is 9.76. The predicted octanol–water partition coefficient (Wildman–Crippen LogP) is 4.13. The van der Waals surface area contributed by atoms with Crippen LogP contribution in [0.4, 0.5) is 0 Å². The Labute approximate surface area is 173 Å². The SMILES string of the molecule is O=C(Cc1csc2nc(-c3ccccc3)c(-c3ccccc3)n12)N1CCOCC1. The fourth-order valence-corrected chi connectivity index (χ4v) is 4.67. The van der Waals surface area contributed by atoms with Gasteiger partial charge in [0.15, 0.2) is 4.96 Å². The highest BCUT2D eigenvalue weighted by molar-refractivity contribution is 7.15. The van der Waals surface area contributed by atoms with Crippen LogP contribution in [-0.2, 0) is 16.0 Å². The van der Waals surface area contributed by atoms with Crippen LogP contribution in [0.15, 0.2) is 66.0 Å². The first-order valence-corrected chi connectivity index (χ1v) is 10.6. The number of aromatic nitrogens is 2. The third-order valence-electron chi connectivity index (χ3n) is 5.22. The van der Waals surface area contributed by atoms with Crippen molar-refractivity contribution >= 4 is 22.2 Å². The van der Waals surface area contributed by atoms with E-state index in [1.165, 1.54) is 0 Å². The Bertz CT molecular complexity index is 1130. The largest absolute Gasteiger partial charge is 0.378 e. The number of morpholine rings is 1. The van der Waals surface area contributed by atoms with Gasteiger partial charge < -0.3 is 9.64 Å². The van der Waals surface area contributed by atoms with Crippen molar-refractivity contribution in [1.82, 2.24) is 14.3 Å². The second-order valence-corrected chi connectivity index (χ2v) is 7.89. The van der Waals surface area contributed by atoms with Crippen molar-refractivity contribution in [1.29, 1.82) is 0 Å². The number of carbonyl (C=O) groups is 1. The standard InChI is InChI=1S/C23H21N3O2S/c27-20(25-11-13-28-14-12-25)15-19-16-29-23-24-21(17-7-3-1-4-8-17)22(26(19)23)18-9-5-2-6-10-18/h1-10,16H,11-15H2. The third kappa shape index (κ3) is 3.45. The van der Waals surface area contributed by atoms with Gasteiger partial charge in [-0.15, -0.1) is 11.3 Å². The van der Waals surface area contributed by atoms with Crippen LogP contribution in [0.3, 0.4) is 0 Å². The van der Waals surface area contributed by atoms with Crippen molar-refractivity contribution in [2.75, 3.05) is 26.3 Å². The van der Waals surface area contributed by atoms with Gasteiger partial charge in [-0.2, -0.15) is 0 Å². The molecule has 29 heavy (non-hydrogen) atoms. The molecule has 2 aromatic heterocycles. The van der Waals surface area contributed by atoms with E-state index in [0.717, 1.165) is 33.2 Å². The number of hydrogen-bond acceptors (Lipinski definition) is 4. The number of imidazole rings is 1. The minimum Gasteiger partial charge on any atom is -0.378 e. The minimum atomic E-state index is 0.141. The van der Waals surface area contributed by atoms with Gasteiger partial charge >= 0.3 is 0 Å². The van der Waals surface area contributed by atoms with Gasteiger partial charge in [0.1, 0.15) is 0 Å². The number of thiazole rings is 1. The number of ether oxygens (including phenoxy) is 1. The van der Waals surface area contributed by atoms with E-state index in [9.17, 15) is 4.79 Å². The maximum atomic E-state index is 12.9. The van der Waals surface area contributed by atoms with E-state index in [0.29, 0.717) is 32.7 Å². The molecule has 0 N–H and O–H groups in total. The topological polar surface area (TPSA) is 46.8 Å². The molecule has 4 aromatic rings. The van der Waals surface area contributed by atoms with Crippen molar-refractivity contribution in [3.8, 4) is 22.5 Å².